The largest absolute Gasteiger partial charge is 0.481 e. The van der Waals surface area contributed by atoms with Crippen LogP contribution in [0.1, 0.15) is 36.4 Å². The maximum atomic E-state index is 12.9. The summed E-state index contributed by atoms with van der Waals surface area (Å²) in [4.78, 5) is 37.3. The highest BCUT2D eigenvalue weighted by atomic mass is 35.5. The number of fused-ring (bicyclic) bond motifs is 1. The van der Waals surface area contributed by atoms with Gasteiger partial charge >= 0.3 is 0 Å². The van der Waals surface area contributed by atoms with Gasteiger partial charge in [-0.15, -0.1) is 11.3 Å². The van der Waals surface area contributed by atoms with Crippen molar-refractivity contribution in [3.05, 3.63) is 51.2 Å². The highest BCUT2D eigenvalue weighted by Crippen LogP contribution is 2.42. The third-order valence-corrected chi connectivity index (χ3v) is 7.06. The van der Waals surface area contributed by atoms with Gasteiger partial charge in [0, 0.05) is 0 Å². The minimum Gasteiger partial charge on any atom is -0.481 e. The molecule has 0 aliphatic heterocycles. The second kappa shape index (κ2) is 8.28. The SMILES string of the molecule is NC(=O)C1(C(=O)N[C@@H]2Cc3ccccc3[C@H]2NC(=O)COc2ccsc2Cl)CCC1. The first-order valence-electron chi connectivity index (χ1n) is 9.74. The van der Waals surface area contributed by atoms with E-state index in [0.29, 0.717) is 29.3 Å². The maximum Gasteiger partial charge on any atom is 0.258 e. The minimum absolute atomic E-state index is 0.193. The number of ether oxygens (including phenoxy) is 1. The third-order valence-electron chi connectivity index (χ3n) is 5.92. The van der Waals surface area contributed by atoms with Crippen LogP contribution in [0.2, 0.25) is 4.34 Å². The predicted molar refractivity (Wildman–Crippen MR) is 113 cm³/mol. The fourth-order valence-corrected chi connectivity index (χ4v) is 4.90. The maximum absolute atomic E-state index is 12.9. The van der Waals surface area contributed by atoms with Crippen LogP contribution < -0.4 is 21.1 Å². The Morgan fingerprint density at radius 2 is 1.97 bits per heavy atom. The van der Waals surface area contributed by atoms with Gasteiger partial charge in [0.1, 0.15) is 15.5 Å². The molecule has 1 aromatic heterocycles. The van der Waals surface area contributed by atoms with Gasteiger partial charge in [-0.3, -0.25) is 14.4 Å². The number of halogens is 1. The van der Waals surface area contributed by atoms with E-state index in [1.807, 2.05) is 24.3 Å². The molecule has 158 valence electrons. The number of carbonyl (C=O) groups is 3. The van der Waals surface area contributed by atoms with E-state index >= 15 is 0 Å². The Balaban J connectivity index is 1.46. The molecule has 2 aliphatic rings. The number of rotatable bonds is 7. The van der Waals surface area contributed by atoms with Crippen molar-refractivity contribution >= 4 is 40.7 Å². The van der Waals surface area contributed by atoms with E-state index in [-0.39, 0.29) is 24.5 Å². The Bertz CT molecular complexity index is 988. The molecule has 7 nitrogen and oxygen atoms in total. The van der Waals surface area contributed by atoms with Gasteiger partial charge in [0.15, 0.2) is 6.61 Å². The molecule has 2 atom stereocenters. The molecule has 2 aromatic rings. The molecule has 0 bridgehead atoms. The van der Waals surface area contributed by atoms with Gasteiger partial charge < -0.3 is 21.1 Å². The average Bonchev–Trinajstić information content (AvgIpc) is 3.22. The summed E-state index contributed by atoms with van der Waals surface area (Å²) in [7, 11) is 0. The molecule has 30 heavy (non-hydrogen) atoms. The summed E-state index contributed by atoms with van der Waals surface area (Å²) < 4.78 is 5.97. The van der Waals surface area contributed by atoms with Crippen molar-refractivity contribution < 1.29 is 19.1 Å². The molecule has 0 saturated heterocycles. The van der Waals surface area contributed by atoms with Gasteiger partial charge in [-0.25, -0.2) is 0 Å². The molecule has 4 rings (SSSR count). The van der Waals surface area contributed by atoms with E-state index in [9.17, 15) is 14.4 Å². The molecule has 4 N–H and O–H groups in total. The van der Waals surface area contributed by atoms with Crippen molar-refractivity contribution in [1.82, 2.24) is 10.6 Å². The van der Waals surface area contributed by atoms with Crippen LogP contribution in [0.3, 0.4) is 0 Å². The van der Waals surface area contributed by atoms with Crippen LogP contribution in [-0.4, -0.2) is 30.4 Å². The summed E-state index contributed by atoms with van der Waals surface area (Å²) in [6.07, 6.45) is 2.27. The van der Waals surface area contributed by atoms with Crippen LogP contribution in [0.15, 0.2) is 35.7 Å². The topological polar surface area (TPSA) is 111 Å². The standard InChI is InChI=1S/C21H22ClN3O4S/c22-18-15(6-9-30-18)29-11-16(26)25-17-13-5-2-1-4-12(13)10-14(17)24-20(28)21(19(23)27)7-3-8-21/h1-2,4-6,9,14,17H,3,7-8,10-11H2,(H2,23,27)(H,24,28)(H,25,26)/t14-,17-/m1/s1. The van der Waals surface area contributed by atoms with E-state index < -0.39 is 17.4 Å². The zero-order valence-electron chi connectivity index (χ0n) is 16.2. The Morgan fingerprint density at radius 1 is 1.20 bits per heavy atom. The van der Waals surface area contributed by atoms with Gasteiger partial charge in [0.05, 0.1) is 12.1 Å². The van der Waals surface area contributed by atoms with Crippen LogP contribution >= 0.6 is 22.9 Å². The molecule has 1 heterocycles. The van der Waals surface area contributed by atoms with E-state index in [2.05, 4.69) is 10.6 Å². The van der Waals surface area contributed by atoms with Crippen molar-refractivity contribution in [3.63, 3.8) is 0 Å². The molecular weight excluding hydrogens is 426 g/mol. The van der Waals surface area contributed by atoms with E-state index in [1.165, 1.54) is 11.3 Å². The van der Waals surface area contributed by atoms with Crippen LogP contribution in [0, 0.1) is 5.41 Å². The summed E-state index contributed by atoms with van der Waals surface area (Å²) in [5, 5.41) is 7.71. The second-order valence-electron chi connectivity index (χ2n) is 7.68. The first-order chi connectivity index (χ1) is 14.4. The van der Waals surface area contributed by atoms with Gasteiger partial charge in [0.2, 0.25) is 11.8 Å². The summed E-state index contributed by atoms with van der Waals surface area (Å²) in [6.45, 7) is -0.193. The summed E-state index contributed by atoms with van der Waals surface area (Å²) in [5.41, 5.74) is 6.35. The van der Waals surface area contributed by atoms with Crippen LogP contribution in [-0.2, 0) is 20.8 Å². The molecular formula is C21H22ClN3O4S. The van der Waals surface area contributed by atoms with Crippen LogP contribution in [0.5, 0.6) is 5.75 Å². The summed E-state index contributed by atoms with van der Waals surface area (Å²) >= 11 is 7.33. The number of primary amides is 1. The highest BCUT2D eigenvalue weighted by molar-refractivity contribution is 7.14. The lowest BCUT2D eigenvalue weighted by atomic mass is 9.67. The monoisotopic (exact) mass is 447 g/mol. The molecule has 1 saturated carbocycles. The number of hydrogen-bond donors (Lipinski definition) is 3. The molecule has 0 unspecified atom stereocenters. The average molecular weight is 448 g/mol. The van der Waals surface area contributed by atoms with E-state index in [4.69, 9.17) is 22.1 Å². The molecule has 1 aromatic carbocycles. The predicted octanol–water partition coefficient (Wildman–Crippen LogP) is 2.33. The fourth-order valence-electron chi connectivity index (χ4n) is 4.07. The molecule has 1 fully saturated rings. The lowest BCUT2D eigenvalue weighted by molar-refractivity contribution is -0.148. The van der Waals surface area contributed by atoms with Gasteiger partial charge in [0.25, 0.3) is 5.91 Å². The normalized spacial score (nSPS) is 21.2. The number of nitrogens with two attached hydrogens (primary N) is 1. The van der Waals surface area contributed by atoms with Crippen molar-refractivity contribution in [2.24, 2.45) is 11.1 Å². The third kappa shape index (κ3) is 3.77. The second-order valence-corrected chi connectivity index (χ2v) is 9.19. The molecule has 9 heteroatoms. The lowest BCUT2D eigenvalue weighted by Gasteiger charge is -2.38. The van der Waals surface area contributed by atoms with Gasteiger partial charge in [-0.1, -0.05) is 42.3 Å². The number of amides is 3. The van der Waals surface area contributed by atoms with Gasteiger partial charge in [-0.2, -0.15) is 0 Å². The Hall–Kier alpha value is -2.58. The number of benzene rings is 1. The quantitative estimate of drug-likeness (QED) is 0.565. The zero-order valence-corrected chi connectivity index (χ0v) is 17.7. The van der Waals surface area contributed by atoms with Crippen molar-refractivity contribution in [1.29, 1.82) is 0 Å². The minimum atomic E-state index is -1.14. The van der Waals surface area contributed by atoms with Crippen LogP contribution in [0.4, 0.5) is 0 Å². The first-order valence-corrected chi connectivity index (χ1v) is 11.0. The smallest absolute Gasteiger partial charge is 0.258 e. The van der Waals surface area contributed by atoms with E-state index in [1.54, 1.807) is 11.4 Å². The van der Waals surface area contributed by atoms with Crippen molar-refractivity contribution in [3.8, 4) is 5.75 Å². The zero-order chi connectivity index (χ0) is 21.3. The number of hydrogen-bond acceptors (Lipinski definition) is 5. The molecule has 2 aliphatic carbocycles. The Morgan fingerprint density at radius 3 is 2.60 bits per heavy atom. The summed E-state index contributed by atoms with van der Waals surface area (Å²) in [5.74, 6) is -0.823. The molecule has 0 radical (unpaired) electrons. The number of nitrogens with one attached hydrogen (secondary N) is 2. The first kappa shape index (κ1) is 20.7. The fraction of sp³-hybridized carbons (Fsp3) is 0.381. The number of carbonyl (C=O) groups excluding carboxylic acids is 3. The Labute approximate surface area is 182 Å². The molecule has 3 amide bonds. The van der Waals surface area contributed by atoms with Gasteiger partial charge in [-0.05, 0) is 41.8 Å². The lowest BCUT2D eigenvalue weighted by Crippen LogP contribution is -2.57. The van der Waals surface area contributed by atoms with Crippen molar-refractivity contribution in [2.75, 3.05) is 6.61 Å². The molecule has 0 spiro atoms. The van der Waals surface area contributed by atoms with Crippen LogP contribution in [0.25, 0.3) is 0 Å². The van der Waals surface area contributed by atoms with E-state index in [0.717, 1.165) is 17.5 Å². The number of thiophene rings is 1. The highest BCUT2D eigenvalue weighted by Gasteiger charge is 2.50. The van der Waals surface area contributed by atoms with Crippen molar-refractivity contribution in [2.45, 2.75) is 37.8 Å². The summed E-state index contributed by atoms with van der Waals surface area (Å²) in [6, 6.07) is 8.60. The Kier molecular flexibility index (Phi) is 5.71.